The molecule has 0 bridgehead atoms. The zero-order valence-electron chi connectivity index (χ0n) is 8.47. The van der Waals surface area contributed by atoms with Gasteiger partial charge >= 0.3 is 0 Å². The van der Waals surface area contributed by atoms with Crippen LogP contribution in [0.5, 0.6) is 0 Å². The number of benzene rings is 1. The molecule has 0 amide bonds. The van der Waals surface area contributed by atoms with Crippen LogP contribution >= 0.6 is 12.4 Å². The molecule has 84 valence electrons. The molecule has 1 nitrogen and oxygen atoms in total. The molecule has 0 saturated heterocycles. The van der Waals surface area contributed by atoms with E-state index in [0.29, 0.717) is 17.0 Å². The maximum Gasteiger partial charge on any atom is 0.163 e. The van der Waals surface area contributed by atoms with E-state index in [9.17, 15) is 8.78 Å². The molecule has 1 fully saturated rings. The van der Waals surface area contributed by atoms with Gasteiger partial charge in [-0.15, -0.1) is 12.4 Å². The fourth-order valence-electron chi connectivity index (χ4n) is 1.63. The predicted octanol–water partition coefficient (Wildman–Crippen LogP) is 3.10. The monoisotopic (exact) mass is 233 g/mol. The van der Waals surface area contributed by atoms with Crippen molar-refractivity contribution in [2.45, 2.75) is 25.8 Å². The van der Waals surface area contributed by atoms with Gasteiger partial charge in [0, 0.05) is 11.6 Å². The summed E-state index contributed by atoms with van der Waals surface area (Å²) in [6, 6.07) is 2.83. The van der Waals surface area contributed by atoms with E-state index in [1.54, 1.807) is 19.1 Å². The van der Waals surface area contributed by atoms with E-state index in [-0.39, 0.29) is 18.4 Å². The topological polar surface area (TPSA) is 26.0 Å². The molecular weight excluding hydrogens is 220 g/mol. The van der Waals surface area contributed by atoms with Crippen molar-refractivity contribution < 1.29 is 8.78 Å². The average Bonchev–Trinajstić information content (AvgIpc) is 2.97. The van der Waals surface area contributed by atoms with Crippen LogP contribution in [0.4, 0.5) is 8.78 Å². The van der Waals surface area contributed by atoms with Gasteiger partial charge in [-0.1, -0.05) is 12.1 Å². The van der Waals surface area contributed by atoms with Gasteiger partial charge in [-0.05, 0) is 31.2 Å². The third-order valence-electron chi connectivity index (χ3n) is 2.79. The molecule has 1 aromatic carbocycles. The third-order valence-corrected chi connectivity index (χ3v) is 2.79. The third kappa shape index (κ3) is 2.29. The molecule has 4 heteroatoms. The van der Waals surface area contributed by atoms with Crippen molar-refractivity contribution in [3.05, 3.63) is 34.9 Å². The highest BCUT2D eigenvalue weighted by molar-refractivity contribution is 5.85. The normalized spacial score (nSPS) is 17.1. The second-order valence-corrected chi connectivity index (χ2v) is 3.96. The van der Waals surface area contributed by atoms with Crippen molar-refractivity contribution in [1.82, 2.24) is 0 Å². The molecule has 0 radical (unpaired) electrons. The van der Waals surface area contributed by atoms with E-state index in [2.05, 4.69) is 0 Å². The highest BCUT2D eigenvalue weighted by Crippen LogP contribution is 2.40. The molecule has 0 spiro atoms. The first-order chi connectivity index (χ1) is 6.61. The highest BCUT2D eigenvalue weighted by atomic mass is 35.5. The van der Waals surface area contributed by atoms with E-state index in [1.807, 2.05) is 0 Å². The fourth-order valence-corrected chi connectivity index (χ4v) is 1.63. The first-order valence-electron chi connectivity index (χ1n) is 4.81. The summed E-state index contributed by atoms with van der Waals surface area (Å²) in [6.07, 6.45) is 2.05. The highest BCUT2D eigenvalue weighted by Gasteiger charge is 2.31. The van der Waals surface area contributed by atoms with Crippen molar-refractivity contribution >= 4 is 12.4 Å². The Labute approximate surface area is 94.1 Å². The molecule has 0 heterocycles. The lowest BCUT2D eigenvalue weighted by atomic mass is 10.0. The van der Waals surface area contributed by atoms with Crippen LogP contribution in [0.15, 0.2) is 12.1 Å². The van der Waals surface area contributed by atoms with Crippen LogP contribution in [0, 0.1) is 24.5 Å². The van der Waals surface area contributed by atoms with E-state index >= 15 is 0 Å². The summed E-state index contributed by atoms with van der Waals surface area (Å²) < 4.78 is 26.7. The second kappa shape index (κ2) is 4.45. The number of hydrogen-bond donors (Lipinski definition) is 1. The Kier molecular flexibility index (Phi) is 3.68. The smallest absolute Gasteiger partial charge is 0.163 e. The van der Waals surface area contributed by atoms with Crippen LogP contribution in [0.3, 0.4) is 0 Å². The van der Waals surface area contributed by atoms with Crippen LogP contribution < -0.4 is 5.73 Å². The minimum Gasteiger partial charge on any atom is -0.324 e. The van der Waals surface area contributed by atoms with E-state index in [1.165, 1.54) is 0 Å². The average molecular weight is 234 g/mol. The van der Waals surface area contributed by atoms with Crippen molar-refractivity contribution in [2.75, 3.05) is 0 Å². The lowest BCUT2D eigenvalue weighted by Gasteiger charge is -2.12. The molecule has 15 heavy (non-hydrogen) atoms. The van der Waals surface area contributed by atoms with E-state index in [0.717, 1.165) is 12.8 Å². The first-order valence-corrected chi connectivity index (χ1v) is 4.81. The van der Waals surface area contributed by atoms with Crippen molar-refractivity contribution in [3.63, 3.8) is 0 Å². The van der Waals surface area contributed by atoms with Gasteiger partial charge < -0.3 is 5.73 Å². The Morgan fingerprint density at radius 2 is 1.87 bits per heavy atom. The lowest BCUT2D eigenvalue weighted by molar-refractivity contribution is 0.475. The molecule has 0 aromatic heterocycles. The minimum atomic E-state index is -0.774. The number of hydrogen-bond acceptors (Lipinski definition) is 1. The summed E-state index contributed by atoms with van der Waals surface area (Å²) in [4.78, 5) is 0. The van der Waals surface area contributed by atoms with Gasteiger partial charge in [-0.3, -0.25) is 0 Å². The largest absolute Gasteiger partial charge is 0.324 e. The molecule has 1 aliphatic carbocycles. The van der Waals surface area contributed by atoms with E-state index in [4.69, 9.17) is 5.73 Å². The number of nitrogens with two attached hydrogens (primary N) is 1. The Bertz CT molecular complexity index is 364. The van der Waals surface area contributed by atoms with Crippen LogP contribution in [0.2, 0.25) is 0 Å². The summed E-state index contributed by atoms with van der Waals surface area (Å²) in [5, 5.41) is 0. The lowest BCUT2D eigenvalue weighted by Crippen LogP contribution is -2.15. The molecule has 1 aliphatic rings. The number of aryl methyl sites for hydroxylation is 1. The summed E-state index contributed by atoms with van der Waals surface area (Å²) in [7, 11) is 0. The molecule has 0 aliphatic heterocycles. The molecular formula is C11H14ClF2N. The van der Waals surface area contributed by atoms with Gasteiger partial charge in [0.2, 0.25) is 0 Å². The van der Waals surface area contributed by atoms with Crippen molar-refractivity contribution in [3.8, 4) is 0 Å². The van der Waals surface area contributed by atoms with Gasteiger partial charge in [-0.2, -0.15) is 0 Å². The van der Waals surface area contributed by atoms with Crippen LogP contribution in [0.1, 0.15) is 30.0 Å². The van der Waals surface area contributed by atoms with Gasteiger partial charge in [0.1, 0.15) is 0 Å². The van der Waals surface area contributed by atoms with Crippen LogP contribution in [-0.4, -0.2) is 0 Å². The Morgan fingerprint density at radius 3 is 2.40 bits per heavy atom. The summed E-state index contributed by atoms with van der Waals surface area (Å²) in [5.41, 5.74) is 6.46. The Hall–Kier alpha value is -0.670. The first kappa shape index (κ1) is 12.4. The summed E-state index contributed by atoms with van der Waals surface area (Å²) >= 11 is 0. The standard InChI is InChI=1S/C11H13F2N.ClH/c1-6-2-5-8(10(13)9(6)12)11(14)7-3-4-7;/h2,5,7,11H,3-4,14H2,1H3;1H/t11-;/m1./s1. The SMILES string of the molecule is Cc1ccc([C@H](N)C2CC2)c(F)c1F.Cl. The maximum absolute atomic E-state index is 13.4. The van der Waals surface area contributed by atoms with Crippen molar-refractivity contribution in [2.24, 2.45) is 11.7 Å². The van der Waals surface area contributed by atoms with Crippen LogP contribution in [-0.2, 0) is 0 Å². The molecule has 2 rings (SSSR count). The van der Waals surface area contributed by atoms with Gasteiger partial charge in [-0.25, -0.2) is 8.78 Å². The molecule has 1 atom stereocenters. The van der Waals surface area contributed by atoms with Gasteiger partial charge in [0.15, 0.2) is 11.6 Å². The minimum absolute atomic E-state index is 0. The Morgan fingerprint density at radius 1 is 1.27 bits per heavy atom. The second-order valence-electron chi connectivity index (χ2n) is 3.96. The summed E-state index contributed by atoms with van der Waals surface area (Å²) in [5.74, 6) is -1.20. The van der Waals surface area contributed by atoms with E-state index < -0.39 is 11.6 Å². The fraction of sp³-hybridized carbons (Fsp3) is 0.455. The maximum atomic E-state index is 13.4. The molecule has 1 saturated carbocycles. The van der Waals surface area contributed by atoms with Gasteiger partial charge in [0.25, 0.3) is 0 Å². The number of halogens is 3. The Balaban J connectivity index is 0.00000112. The van der Waals surface area contributed by atoms with Gasteiger partial charge in [0.05, 0.1) is 0 Å². The molecule has 1 aromatic rings. The predicted molar refractivity (Wildman–Crippen MR) is 58.0 cm³/mol. The zero-order chi connectivity index (χ0) is 10.3. The summed E-state index contributed by atoms with van der Waals surface area (Å²) in [6.45, 7) is 1.55. The molecule has 0 unspecified atom stereocenters. The zero-order valence-corrected chi connectivity index (χ0v) is 9.28. The van der Waals surface area contributed by atoms with Crippen LogP contribution in [0.25, 0.3) is 0 Å². The quantitative estimate of drug-likeness (QED) is 0.835. The van der Waals surface area contributed by atoms with Crippen molar-refractivity contribution in [1.29, 1.82) is 0 Å². The molecule has 2 N–H and O–H groups in total. The number of rotatable bonds is 2.